The van der Waals surface area contributed by atoms with Gasteiger partial charge in [-0.1, -0.05) is 47.7 Å². The van der Waals surface area contributed by atoms with Crippen molar-refractivity contribution in [3.63, 3.8) is 0 Å². The van der Waals surface area contributed by atoms with E-state index in [4.69, 9.17) is 0 Å². The number of pyridine rings is 1. The van der Waals surface area contributed by atoms with Gasteiger partial charge in [-0.2, -0.15) is 0 Å². The maximum Gasteiger partial charge on any atom is 0.319 e. The second-order valence-electron chi connectivity index (χ2n) is 7.78. The zero-order valence-corrected chi connectivity index (χ0v) is 18.2. The maximum absolute atomic E-state index is 12.3. The van der Waals surface area contributed by atoms with Crippen molar-refractivity contribution in [2.24, 2.45) is 0 Å². The second-order valence-corrected chi connectivity index (χ2v) is 8.81. The van der Waals surface area contributed by atoms with Gasteiger partial charge in [0.15, 0.2) is 5.13 Å². The number of anilines is 2. The van der Waals surface area contributed by atoms with Crippen LogP contribution in [0.1, 0.15) is 24.8 Å². The van der Waals surface area contributed by atoms with Crippen molar-refractivity contribution in [3.8, 4) is 10.4 Å². The van der Waals surface area contributed by atoms with Crippen LogP contribution in [0.25, 0.3) is 10.4 Å². The number of thiazole rings is 1. The van der Waals surface area contributed by atoms with Crippen LogP contribution >= 0.6 is 11.3 Å². The Bertz CT molecular complexity index is 971. The molecule has 1 saturated heterocycles. The average Bonchev–Trinajstić information content (AvgIpc) is 3.43. The third-order valence-corrected chi connectivity index (χ3v) is 6.36. The summed E-state index contributed by atoms with van der Waals surface area (Å²) < 4.78 is 0. The summed E-state index contributed by atoms with van der Waals surface area (Å²) in [6.45, 7) is 0.863. The van der Waals surface area contributed by atoms with Gasteiger partial charge in [0.05, 0.1) is 4.88 Å². The van der Waals surface area contributed by atoms with Crippen molar-refractivity contribution in [2.45, 2.75) is 31.7 Å². The molecule has 1 fully saturated rings. The average molecular weight is 422 g/mol. The lowest BCUT2D eigenvalue weighted by atomic mass is 10.0. The van der Waals surface area contributed by atoms with Gasteiger partial charge in [0.25, 0.3) is 0 Å². The minimum Gasteiger partial charge on any atom is -0.331 e. The molecule has 30 heavy (non-hydrogen) atoms. The van der Waals surface area contributed by atoms with Crippen LogP contribution in [0.15, 0.2) is 54.9 Å². The van der Waals surface area contributed by atoms with E-state index in [0.717, 1.165) is 48.1 Å². The Kier molecular flexibility index (Phi) is 6.28. The molecular formula is C23H27N5OS. The molecule has 3 heterocycles. The van der Waals surface area contributed by atoms with Crippen molar-refractivity contribution >= 4 is 28.3 Å². The molecule has 3 aromatic rings. The highest BCUT2D eigenvalue weighted by Crippen LogP contribution is 2.30. The highest BCUT2D eigenvalue weighted by Gasteiger charge is 2.29. The molecular weight excluding hydrogens is 394 g/mol. The van der Waals surface area contributed by atoms with Crippen molar-refractivity contribution in [1.29, 1.82) is 0 Å². The first-order valence-corrected chi connectivity index (χ1v) is 11.1. The van der Waals surface area contributed by atoms with Crippen LogP contribution in [0.5, 0.6) is 0 Å². The summed E-state index contributed by atoms with van der Waals surface area (Å²) in [5, 5.41) is 4.12. The van der Waals surface area contributed by atoms with E-state index >= 15 is 0 Å². The first-order valence-electron chi connectivity index (χ1n) is 10.3. The standard InChI is InChI=1S/C23H27N5OS/c1-27(2)23(29)28-14-6-9-19(28)12-10-17-11-13-21(24-15-17)26-22-25-16-20(30-22)18-7-4-3-5-8-18/h3-5,7-8,11,13,15-16,19H,6,9-10,12,14H2,1-2H3,(H,24,25,26)/t19-/m1/s1. The number of aromatic nitrogens is 2. The number of carbonyl (C=O) groups is 1. The molecule has 2 aromatic heterocycles. The number of nitrogens with one attached hydrogen (secondary N) is 1. The van der Waals surface area contributed by atoms with E-state index in [-0.39, 0.29) is 6.03 Å². The fourth-order valence-electron chi connectivity index (χ4n) is 3.80. The molecule has 0 radical (unpaired) electrons. The Hall–Kier alpha value is -2.93. The summed E-state index contributed by atoms with van der Waals surface area (Å²) in [5.74, 6) is 0.790. The summed E-state index contributed by atoms with van der Waals surface area (Å²) in [6, 6.07) is 14.8. The van der Waals surface area contributed by atoms with E-state index in [9.17, 15) is 4.79 Å². The minimum atomic E-state index is 0.119. The van der Waals surface area contributed by atoms with Crippen LogP contribution in [-0.4, -0.2) is 52.5 Å². The predicted octanol–water partition coefficient (Wildman–Crippen LogP) is 5.03. The summed E-state index contributed by atoms with van der Waals surface area (Å²) in [5.41, 5.74) is 2.36. The van der Waals surface area contributed by atoms with Gasteiger partial charge in [-0.25, -0.2) is 14.8 Å². The normalized spacial score (nSPS) is 15.9. The number of hydrogen-bond acceptors (Lipinski definition) is 5. The summed E-state index contributed by atoms with van der Waals surface area (Å²) in [4.78, 5) is 26.1. The lowest BCUT2D eigenvalue weighted by Crippen LogP contribution is -2.42. The molecule has 1 aliphatic heterocycles. The van der Waals surface area contributed by atoms with Crippen molar-refractivity contribution in [2.75, 3.05) is 26.0 Å². The molecule has 1 atom stereocenters. The maximum atomic E-state index is 12.3. The van der Waals surface area contributed by atoms with Crippen molar-refractivity contribution in [1.82, 2.24) is 19.8 Å². The number of hydrogen-bond donors (Lipinski definition) is 1. The number of rotatable bonds is 6. The highest BCUT2D eigenvalue weighted by atomic mass is 32.1. The van der Waals surface area contributed by atoms with E-state index in [1.165, 1.54) is 11.1 Å². The number of benzene rings is 1. The van der Waals surface area contributed by atoms with E-state index in [2.05, 4.69) is 33.5 Å². The number of carbonyl (C=O) groups excluding carboxylic acids is 1. The van der Waals surface area contributed by atoms with Gasteiger partial charge in [-0.15, -0.1) is 0 Å². The summed E-state index contributed by atoms with van der Waals surface area (Å²) in [6.07, 6.45) is 7.87. The Morgan fingerprint density at radius 2 is 2.00 bits per heavy atom. The molecule has 0 unspecified atom stereocenters. The van der Waals surface area contributed by atoms with E-state index < -0.39 is 0 Å². The van der Waals surface area contributed by atoms with Crippen LogP contribution in [0.3, 0.4) is 0 Å². The number of amides is 2. The van der Waals surface area contributed by atoms with Crippen LogP contribution in [0.4, 0.5) is 15.7 Å². The molecule has 1 aromatic carbocycles. The smallest absolute Gasteiger partial charge is 0.319 e. The SMILES string of the molecule is CN(C)C(=O)N1CCC[C@@H]1CCc1ccc(Nc2ncc(-c3ccccc3)s2)nc1. The molecule has 0 saturated carbocycles. The topological polar surface area (TPSA) is 61.4 Å². The van der Waals surface area contributed by atoms with Gasteiger partial charge in [-0.05, 0) is 42.9 Å². The lowest BCUT2D eigenvalue weighted by molar-refractivity contribution is 0.163. The number of aryl methyl sites for hydroxylation is 1. The fraction of sp³-hybridized carbons (Fsp3) is 0.348. The van der Waals surface area contributed by atoms with Crippen LogP contribution < -0.4 is 5.32 Å². The Morgan fingerprint density at radius 1 is 1.17 bits per heavy atom. The van der Waals surface area contributed by atoms with E-state index in [1.54, 1.807) is 16.2 Å². The van der Waals surface area contributed by atoms with E-state index in [0.29, 0.717) is 6.04 Å². The fourth-order valence-corrected chi connectivity index (χ4v) is 4.63. The highest BCUT2D eigenvalue weighted by molar-refractivity contribution is 7.18. The Labute approximate surface area is 181 Å². The molecule has 6 nitrogen and oxygen atoms in total. The molecule has 1 N–H and O–H groups in total. The molecule has 0 bridgehead atoms. The van der Waals surface area contributed by atoms with Crippen LogP contribution in [-0.2, 0) is 6.42 Å². The molecule has 0 spiro atoms. The molecule has 4 rings (SSSR count). The quantitative estimate of drug-likeness (QED) is 0.607. The Morgan fingerprint density at radius 3 is 2.73 bits per heavy atom. The summed E-state index contributed by atoms with van der Waals surface area (Å²) >= 11 is 1.61. The number of urea groups is 1. The van der Waals surface area contributed by atoms with Crippen LogP contribution in [0, 0.1) is 0 Å². The molecule has 0 aliphatic carbocycles. The Balaban J connectivity index is 1.32. The third kappa shape index (κ3) is 4.79. The predicted molar refractivity (Wildman–Crippen MR) is 122 cm³/mol. The largest absolute Gasteiger partial charge is 0.331 e. The molecule has 2 amide bonds. The van der Waals surface area contributed by atoms with Crippen molar-refractivity contribution < 1.29 is 4.79 Å². The van der Waals surface area contributed by atoms with Gasteiger partial charge in [0.2, 0.25) is 0 Å². The number of nitrogens with zero attached hydrogens (tertiary/aromatic N) is 4. The van der Waals surface area contributed by atoms with Crippen molar-refractivity contribution in [3.05, 3.63) is 60.4 Å². The van der Waals surface area contributed by atoms with Gasteiger partial charge >= 0.3 is 6.03 Å². The first kappa shape index (κ1) is 20.3. The molecule has 7 heteroatoms. The first-order chi connectivity index (χ1) is 14.6. The van der Waals surface area contributed by atoms with E-state index in [1.807, 2.05) is 55.7 Å². The zero-order chi connectivity index (χ0) is 20.9. The van der Waals surface area contributed by atoms with Gasteiger partial charge in [0, 0.05) is 39.1 Å². The molecule has 156 valence electrons. The van der Waals surface area contributed by atoms with Gasteiger partial charge in [-0.3, -0.25) is 0 Å². The monoisotopic (exact) mass is 421 g/mol. The molecule has 1 aliphatic rings. The zero-order valence-electron chi connectivity index (χ0n) is 17.4. The lowest BCUT2D eigenvalue weighted by Gasteiger charge is -2.27. The number of likely N-dealkylation sites (tertiary alicyclic amines) is 1. The van der Waals surface area contributed by atoms with Gasteiger partial charge < -0.3 is 15.1 Å². The van der Waals surface area contributed by atoms with Crippen LogP contribution in [0.2, 0.25) is 0 Å². The summed E-state index contributed by atoms with van der Waals surface area (Å²) in [7, 11) is 3.64. The second kappa shape index (κ2) is 9.26. The third-order valence-electron chi connectivity index (χ3n) is 5.40. The van der Waals surface area contributed by atoms with Gasteiger partial charge in [0.1, 0.15) is 5.82 Å². The minimum absolute atomic E-state index is 0.119.